The highest BCUT2D eigenvalue weighted by Crippen LogP contribution is 2.14. The molecule has 26 heavy (non-hydrogen) atoms. The fourth-order valence-electron chi connectivity index (χ4n) is 2.91. The van der Waals surface area contributed by atoms with E-state index >= 15 is 0 Å². The van der Waals surface area contributed by atoms with Crippen LogP contribution in [-0.4, -0.2) is 34.4 Å². The molecule has 0 fully saturated rings. The van der Waals surface area contributed by atoms with Gasteiger partial charge < -0.3 is 14.9 Å². The highest BCUT2D eigenvalue weighted by Gasteiger charge is 2.14. The van der Waals surface area contributed by atoms with Crippen LogP contribution in [0.3, 0.4) is 0 Å². The third kappa shape index (κ3) is 16.5. The number of carbonyl (C=O) groups excluding carboxylic acids is 2. The van der Waals surface area contributed by atoms with Crippen molar-refractivity contribution in [1.29, 1.82) is 0 Å². The topological polar surface area (TPSA) is 83.8 Å². The molecular weight excluding hydrogens is 332 g/mol. The van der Waals surface area contributed by atoms with Crippen molar-refractivity contribution in [3.8, 4) is 0 Å². The highest BCUT2D eigenvalue weighted by molar-refractivity contribution is 5.87. The van der Waals surface area contributed by atoms with Crippen LogP contribution in [0.5, 0.6) is 0 Å². The number of hydrogen-bond acceptors (Lipinski definition) is 5. The van der Waals surface area contributed by atoms with Crippen LogP contribution in [0.15, 0.2) is 0 Å². The van der Waals surface area contributed by atoms with Crippen LogP contribution in [0, 0.1) is 0 Å². The minimum Gasteiger partial charge on any atom is -0.393 e. The molecule has 0 bridgehead atoms. The second-order valence-corrected chi connectivity index (χ2v) is 7.34. The van der Waals surface area contributed by atoms with Crippen LogP contribution >= 0.6 is 0 Å². The zero-order valence-corrected chi connectivity index (χ0v) is 16.9. The first-order chi connectivity index (χ1) is 12.5. The third-order valence-electron chi connectivity index (χ3n) is 4.61. The van der Waals surface area contributed by atoms with E-state index in [2.05, 4.69) is 11.7 Å². The summed E-state index contributed by atoms with van der Waals surface area (Å²) < 4.78 is 4.49. The van der Waals surface area contributed by atoms with Crippen molar-refractivity contribution >= 4 is 11.9 Å². The molecule has 0 spiro atoms. The second-order valence-electron chi connectivity index (χ2n) is 7.34. The molecule has 0 aliphatic heterocycles. The van der Waals surface area contributed by atoms with Gasteiger partial charge in [0.2, 0.25) is 0 Å². The molecule has 0 aromatic rings. The summed E-state index contributed by atoms with van der Waals surface area (Å²) in [4.78, 5) is 22.4. The summed E-state index contributed by atoms with van der Waals surface area (Å²) in [6.45, 7) is 3.48. The number of unbranched alkanes of at least 4 members (excludes halogenated alkanes) is 10. The summed E-state index contributed by atoms with van der Waals surface area (Å²) >= 11 is 0. The molecule has 0 amide bonds. The van der Waals surface area contributed by atoms with Gasteiger partial charge in [0.1, 0.15) is 6.10 Å². The molecule has 5 nitrogen and oxygen atoms in total. The lowest BCUT2D eigenvalue weighted by atomic mass is 10.0. The van der Waals surface area contributed by atoms with E-state index in [1.165, 1.54) is 45.4 Å². The van der Waals surface area contributed by atoms with Crippen LogP contribution in [0.2, 0.25) is 0 Å². The molecule has 0 saturated carbocycles. The summed E-state index contributed by atoms with van der Waals surface area (Å²) in [6, 6.07) is 0. The van der Waals surface area contributed by atoms with Crippen molar-refractivity contribution < 1.29 is 24.5 Å². The van der Waals surface area contributed by atoms with Crippen molar-refractivity contribution in [3.63, 3.8) is 0 Å². The Kier molecular flexibility index (Phi) is 16.8. The number of aliphatic hydroxyl groups is 2. The molecule has 2 N–H and O–H groups in total. The summed E-state index contributed by atoms with van der Waals surface area (Å²) in [6.07, 6.45) is 14.2. The molecule has 0 heterocycles. The fourth-order valence-corrected chi connectivity index (χ4v) is 2.91. The summed E-state index contributed by atoms with van der Waals surface area (Å²) in [5.41, 5.74) is 0. The van der Waals surface area contributed by atoms with Gasteiger partial charge in [-0.15, -0.1) is 0 Å². The van der Waals surface area contributed by atoms with Crippen LogP contribution in [0.25, 0.3) is 0 Å². The van der Waals surface area contributed by atoms with Gasteiger partial charge in [0, 0.05) is 6.42 Å². The Hall–Kier alpha value is -0.940. The summed E-state index contributed by atoms with van der Waals surface area (Å²) in [5, 5.41) is 18.9. The van der Waals surface area contributed by atoms with Crippen LogP contribution in [0.1, 0.15) is 110 Å². The van der Waals surface area contributed by atoms with Crippen molar-refractivity contribution in [2.75, 3.05) is 0 Å². The minimum absolute atomic E-state index is 0.118. The SMILES string of the molecule is CCCCCCC(O)CCCCCCCCCCC(=O)OC(=O)C(C)O. The van der Waals surface area contributed by atoms with Crippen LogP contribution in [-0.2, 0) is 14.3 Å². The molecule has 0 saturated heterocycles. The molecule has 0 radical (unpaired) electrons. The van der Waals surface area contributed by atoms with Gasteiger partial charge in [-0.3, -0.25) is 4.79 Å². The lowest BCUT2D eigenvalue weighted by Gasteiger charge is -2.10. The molecule has 0 aliphatic rings. The Balaban J connectivity index is 3.31. The van der Waals surface area contributed by atoms with E-state index in [-0.39, 0.29) is 12.5 Å². The maximum atomic E-state index is 11.3. The predicted octanol–water partition coefficient (Wildman–Crippen LogP) is 4.67. The molecule has 0 aromatic heterocycles. The molecule has 0 aromatic carbocycles. The van der Waals surface area contributed by atoms with E-state index in [9.17, 15) is 14.7 Å². The smallest absolute Gasteiger partial charge is 0.342 e. The van der Waals surface area contributed by atoms with Gasteiger partial charge in [-0.05, 0) is 26.2 Å². The number of aliphatic hydroxyl groups excluding tert-OH is 2. The number of carbonyl (C=O) groups is 2. The van der Waals surface area contributed by atoms with E-state index < -0.39 is 18.0 Å². The zero-order chi connectivity index (χ0) is 19.6. The highest BCUT2D eigenvalue weighted by atomic mass is 16.6. The average Bonchev–Trinajstić information content (AvgIpc) is 2.60. The Bertz CT molecular complexity index is 354. The first-order valence-corrected chi connectivity index (χ1v) is 10.6. The Morgan fingerprint density at radius 1 is 0.769 bits per heavy atom. The molecule has 0 rings (SSSR count). The van der Waals surface area contributed by atoms with E-state index in [0.717, 1.165) is 51.4 Å². The number of rotatable bonds is 17. The first-order valence-electron chi connectivity index (χ1n) is 10.6. The molecular formula is C21H40O5. The fraction of sp³-hybridized carbons (Fsp3) is 0.905. The van der Waals surface area contributed by atoms with Gasteiger partial charge in [0.15, 0.2) is 0 Å². The average molecular weight is 373 g/mol. The number of hydrogen-bond donors (Lipinski definition) is 2. The predicted molar refractivity (Wildman–Crippen MR) is 104 cm³/mol. The van der Waals surface area contributed by atoms with E-state index in [1.807, 2.05) is 0 Å². The molecule has 0 aliphatic carbocycles. The van der Waals surface area contributed by atoms with Crippen molar-refractivity contribution in [3.05, 3.63) is 0 Å². The Morgan fingerprint density at radius 2 is 1.23 bits per heavy atom. The molecule has 154 valence electrons. The normalized spacial score (nSPS) is 13.4. The zero-order valence-electron chi connectivity index (χ0n) is 16.9. The number of ether oxygens (including phenoxy) is 1. The first kappa shape index (κ1) is 25.1. The van der Waals surface area contributed by atoms with Gasteiger partial charge in [-0.2, -0.15) is 0 Å². The Labute approximate surface area is 159 Å². The third-order valence-corrected chi connectivity index (χ3v) is 4.61. The van der Waals surface area contributed by atoms with Crippen molar-refractivity contribution in [2.45, 2.75) is 122 Å². The van der Waals surface area contributed by atoms with Crippen LogP contribution < -0.4 is 0 Å². The second kappa shape index (κ2) is 17.5. The maximum Gasteiger partial charge on any atom is 0.342 e. The quantitative estimate of drug-likeness (QED) is 0.220. The van der Waals surface area contributed by atoms with Crippen molar-refractivity contribution in [1.82, 2.24) is 0 Å². The van der Waals surface area contributed by atoms with Gasteiger partial charge in [-0.1, -0.05) is 77.6 Å². The molecule has 2 atom stereocenters. The van der Waals surface area contributed by atoms with Crippen molar-refractivity contribution in [2.24, 2.45) is 0 Å². The van der Waals surface area contributed by atoms with E-state index in [4.69, 9.17) is 5.11 Å². The van der Waals surface area contributed by atoms with Gasteiger partial charge in [0.05, 0.1) is 6.10 Å². The van der Waals surface area contributed by atoms with Gasteiger partial charge >= 0.3 is 11.9 Å². The van der Waals surface area contributed by atoms with Crippen LogP contribution in [0.4, 0.5) is 0 Å². The lowest BCUT2D eigenvalue weighted by molar-refractivity contribution is -0.165. The number of esters is 2. The summed E-state index contributed by atoms with van der Waals surface area (Å²) in [5.74, 6) is -1.43. The molecule has 5 heteroatoms. The monoisotopic (exact) mass is 372 g/mol. The maximum absolute atomic E-state index is 11.3. The largest absolute Gasteiger partial charge is 0.393 e. The molecule has 2 unspecified atom stereocenters. The lowest BCUT2D eigenvalue weighted by Crippen LogP contribution is -2.22. The van der Waals surface area contributed by atoms with Gasteiger partial charge in [0.25, 0.3) is 0 Å². The van der Waals surface area contributed by atoms with Gasteiger partial charge in [-0.25, -0.2) is 4.79 Å². The Morgan fingerprint density at radius 3 is 1.73 bits per heavy atom. The van der Waals surface area contributed by atoms with E-state index in [1.54, 1.807) is 0 Å². The summed E-state index contributed by atoms with van der Waals surface area (Å²) in [7, 11) is 0. The standard InChI is InChI=1S/C21H40O5/c1-3-4-5-12-15-19(23)16-13-10-8-6-7-9-11-14-17-20(24)26-21(25)18(2)22/h18-19,22-23H,3-17H2,1-2H3. The van der Waals surface area contributed by atoms with E-state index in [0.29, 0.717) is 0 Å². The minimum atomic E-state index is -1.25.